The van der Waals surface area contributed by atoms with E-state index >= 15 is 0 Å². The summed E-state index contributed by atoms with van der Waals surface area (Å²) in [5.41, 5.74) is 0.271. The Kier molecular flexibility index (Phi) is 6.71. The molecule has 0 radical (unpaired) electrons. The number of alkyl halides is 3. The van der Waals surface area contributed by atoms with Gasteiger partial charge in [0.15, 0.2) is 0 Å². The van der Waals surface area contributed by atoms with Crippen LogP contribution in [0.25, 0.3) is 0 Å². The lowest BCUT2D eigenvalue weighted by atomic mass is 10.1. The molecule has 26 heavy (non-hydrogen) atoms. The van der Waals surface area contributed by atoms with Gasteiger partial charge >= 0.3 is 6.18 Å². The highest BCUT2D eigenvalue weighted by Crippen LogP contribution is 2.28. The molecule has 0 bridgehead atoms. The second-order valence-corrected chi connectivity index (χ2v) is 6.13. The summed E-state index contributed by atoms with van der Waals surface area (Å²) in [5.74, 6) is 5.39. The SMILES string of the molecule is N#Cc1ccc(SCC(=O)NCC#Cc2ccc(C(F)(F)F)cc2)cc1. The minimum atomic E-state index is -4.37. The molecule has 2 aromatic rings. The number of carbonyl (C=O) groups is 1. The molecule has 0 aliphatic heterocycles. The highest BCUT2D eigenvalue weighted by atomic mass is 32.2. The monoisotopic (exact) mass is 374 g/mol. The van der Waals surface area contributed by atoms with Crippen LogP contribution in [0.15, 0.2) is 53.4 Å². The molecule has 3 nitrogen and oxygen atoms in total. The van der Waals surface area contributed by atoms with Crippen molar-refractivity contribution in [2.75, 3.05) is 12.3 Å². The van der Waals surface area contributed by atoms with Gasteiger partial charge in [-0.05, 0) is 48.5 Å². The van der Waals surface area contributed by atoms with Gasteiger partial charge in [-0.2, -0.15) is 18.4 Å². The maximum atomic E-state index is 12.4. The number of nitrogens with one attached hydrogen (secondary N) is 1. The second-order valence-electron chi connectivity index (χ2n) is 5.08. The van der Waals surface area contributed by atoms with Crippen molar-refractivity contribution in [3.63, 3.8) is 0 Å². The molecule has 0 spiro atoms. The van der Waals surface area contributed by atoms with Crippen molar-refractivity contribution in [1.82, 2.24) is 5.32 Å². The Morgan fingerprint density at radius 1 is 1.04 bits per heavy atom. The first-order chi connectivity index (χ1) is 12.4. The van der Waals surface area contributed by atoms with Crippen LogP contribution in [0.5, 0.6) is 0 Å². The lowest BCUT2D eigenvalue weighted by molar-refractivity contribution is -0.137. The van der Waals surface area contributed by atoms with Crippen LogP contribution in [-0.2, 0) is 11.0 Å². The van der Waals surface area contributed by atoms with E-state index in [0.29, 0.717) is 11.1 Å². The molecule has 0 aliphatic rings. The third-order valence-corrected chi connectivity index (χ3v) is 4.18. The molecule has 1 N–H and O–H groups in total. The summed E-state index contributed by atoms with van der Waals surface area (Å²) in [6.45, 7) is 0.105. The van der Waals surface area contributed by atoms with Gasteiger partial charge in [-0.1, -0.05) is 11.8 Å². The van der Waals surface area contributed by atoms with Crippen molar-refractivity contribution in [2.45, 2.75) is 11.1 Å². The molecule has 0 atom stereocenters. The average Bonchev–Trinajstić information content (AvgIpc) is 2.63. The molecule has 0 fully saturated rings. The molecular weight excluding hydrogens is 361 g/mol. The zero-order chi connectivity index (χ0) is 19.0. The molecule has 2 aromatic carbocycles. The van der Waals surface area contributed by atoms with Gasteiger partial charge in [-0.15, -0.1) is 11.8 Å². The number of halogens is 3. The fraction of sp³-hybridized carbons (Fsp3) is 0.158. The van der Waals surface area contributed by atoms with Gasteiger partial charge in [0.25, 0.3) is 0 Å². The Morgan fingerprint density at radius 3 is 2.23 bits per heavy atom. The number of rotatable bonds is 4. The van der Waals surface area contributed by atoms with E-state index in [1.807, 2.05) is 6.07 Å². The second kappa shape index (κ2) is 8.98. The van der Waals surface area contributed by atoms with Crippen LogP contribution >= 0.6 is 11.8 Å². The first-order valence-corrected chi connectivity index (χ1v) is 8.43. The number of nitrogens with zero attached hydrogens (tertiary/aromatic N) is 1. The number of hydrogen-bond acceptors (Lipinski definition) is 3. The summed E-state index contributed by atoms with van der Waals surface area (Å²) in [6, 6.07) is 13.4. The van der Waals surface area contributed by atoms with Gasteiger partial charge in [0.05, 0.1) is 29.5 Å². The molecule has 0 heterocycles. The first kappa shape index (κ1) is 19.4. The summed E-state index contributed by atoms with van der Waals surface area (Å²) in [5, 5.41) is 11.3. The number of amides is 1. The Morgan fingerprint density at radius 2 is 1.65 bits per heavy atom. The summed E-state index contributed by atoms with van der Waals surface area (Å²) in [4.78, 5) is 12.6. The van der Waals surface area contributed by atoms with Crippen LogP contribution in [-0.4, -0.2) is 18.2 Å². The van der Waals surface area contributed by atoms with Gasteiger partial charge in [0, 0.05) is 10.5 Å². The fourth-order valence-electron chi connectivity index (χ4n) is 1.86. The van der Waals surface area contributed by atoms with E-state index in [2.05, 4.69) is 17.2 Å². The maximum absolute atomic E-state index is 12.4. The van der Waals surface area contributed by atoms with Crippen LogP contribution in [0.2, 0.25) is 0 Å². The third kappa shape index (κ3) is 6.19. The van der Waals surface area contributed by atoms with Crippen molar-refractivity contribution in [2.24, 2.45) is 0 Å². The van der Waals surface area contributed by atoms with Crippen molar-refractivity contribution in [1.29, 1.82) is 5.26 Å². The summed E-state index contributed by atoms with van der Waals surface area (Å²) >= 11 is 1.33. The van der Waals surface area contributed by atoms with E-state index in [0.717, 1.165) is 17.0 Å². The summed E-state index contributed by atoms with van der Waals surface area (Å²) < 4.78 is 37.3. The van der Waals surface area contributed by atoms with Gasteiger partial charge < -0.3 is 5.32 Å². The number of carbonyl (C=O) groups excluding carboxylic acids is 1. The molecule has 0 saturated carbocycles. The quantitative estimate of drug-likeness (QED) is 0.654. The Labute approximate surface area is 153 Å². The smallest absolute Gasteiger partial charge is 0.344 e. The highest BCUT2D eigenvalue weighted by molar-refractivity contribution is 8.00. The van der Waals surface area contributed by atoms with E-state index in [1.165, 1.54) is 23.9 Å². The molecule has 0 aliphatic carbocycles. The van der Waals surface area contributed by atoms with Crippen molar-refractivity contribution >= 4 is 17.7 Å². The average molecular weight is 374 g/mol. The molecule has 0 aromatic heterocycles. The van der Waals surface area contributed by atoms with E-state index in [1.54, 1.807) is 24.3 Å². The van der Waals surface area contributed by atoms with Crippen LogP contribution in [0.1, 0.15) is 16.7 Å². The molecule has 0 saturated heterocycles. The Hall–Kier alpha value is -2.90. The van der Waals surface area contributed by atoms with Crippen LogP contribution in [0, 0.1) is 23.2 Å². The van der Waals surface area contributed by atoms with Crippen LogP contribution in [0.4, 0.5) is 13.2 Å². The normalized spacial score (nSPS) is 10.4. The first-order valence-electron chi connectivity index (χ1n) is 7.44. The number of thioether (sulfide) groups is 1. The predicted molar refractivity (Wildman–Crippen MR) is 93.2 cm³/mol. The standard InChI is InChI=1S/C19H13F3N2OS/c20-19(21,22)16-7-3-14(4-8-16)2-1-11-24-18(25)13-26-17-9-5-15(12-23)6-10-17/h3-10H,11,13H2,(H,24,25). The largest absolute Gasteiger partial charge is 0.416 e. The van der Waals surface area contributed by atoms with E-state index in [9.17, 15) is 18.0 Å². The van der Waals surface area contributed by atoms with Gasteiger partial charge in [-0.3, -0.25) is 4.79 Å². The van der Waals surface area contributed by atoms with Crippen molar-refractivity contribution in [3.8, 4) is 17.9 Å². The maximum Gasteiger partial charge on any atom is 0.416 e. The zero-order valence-electron chi connectivity index (χ0n) is 13.4. The van der Waals surface area contributed by atoms with Crippen LogP contribution < -0.4 is 5.32 Å². The number of benzene rings is 2. The molecule has 0 unspecified atom stereocenters. The lowest BCUT2D eigenvalue weighted by Gasteiger charge is -2.05. The van der Waals surface area contributed by atoms with Gasteiger partial charge in [0.1, 0.15) is 0 Å². The summed E-state index contributed by atoms with van der Waals surface area (Å²) in [7, 11) is 0. The number of nitriles is 1. The van der Waals surface area contributed by atoms with E-state index in [4.69, 9.17) is 5.26 Å². The molecule has 132 valence electrons. The van der Waals surface area contributed by atoms with Crippen molar-refractivity contribution < 1.29 is 18.0 Å². The van der Waals surface area contributed by atoms with Gasteiger partial charge in [-0.25, -0.2) is 0 Å². The highest BCUT2D eigenvalue weighted by Gasteiger charge is 2.29. The Balaban J connectivity index is 1.76. The van der Waals surface area contributed by atoms with Gasteiger partial charge in [0.2, 0.25) is 5.91 Å². The topological polar surface area (TPSA) is 52.9 Å². The third-order valence-electron chi connectivity index (χ3n) is 3.17. The lowest BCUT2D eigenvalue weighted by Crippen LogP contribution is -2.25. The van der Waals surface area contributed by atoms with E-state index in [-0.39, 0.29) is 18.2 Å². The predicted octanol–water partition coefficient (Wildman–Crippen LogP) is 3.84. The zero-order valence-corrected chi connectivity index (χ0v) is 14.2. The van der Waals surface area contributed by atoms with Crippen molar-refractivity contribution in [3.05, 3.63) is 65.2 Å². The molecule has 7 heteroatoms. The number of hydrogen-bond donors (Lipinski definition) is 1. The minimum Gasteiger partial charge on any atom is -0.344 e. The summed E-state index contributed by atoms with van der Waals surface area (Å²) in [6.07, 6.45) is -4.37. The molecule has 1 amide bonds. The fourth-order valence-corrected chi connectivity index (χ4v) is 2.59. The minimum absolute atomic E-state index is 0.105. The van der Waals surface area contributed by atoms with E-state index < -0.39 is 11.7 Å². The molecular formula is C19H13F3N2OS. The Bertz CT molecular complexity index is 857. The molecule has 2 rings (SSSR count). The van der Waals surface area contributed by atoms with Crippen LogP contribution in [0.3, 0.4) is 0 Å².